The fourth-order valence-corrected chi connectivity index (χ4v) is 5.03. The Balaban J connectivity index is 2.18. The summed E-state index contributed by atoms with van der Waals surface area (Å²) in [4.78, 5) is 3.70. The Morgan fingerprint density at radius 3 is 2.79 bits per heavy atom. The maximum Gasteiger partial charge on any atom is 0.241 e. The Kier molecular flexibility index (Phi) is 3.79. The number of anilines is 1. The molecule has 1 atom stereocenters. The van der Waals surface area contributed by atoms with E-state index in [1.165, 1.54) is 18.3 Å². The number of pyridine rings is 1. The minimum atomic E-state index is -3.77. The van der Waals surface area contributed by atoms with Crippen LogP contribution in [0.4, 0.5) is 5.82 Å². The van der Waals surface area contributed by atoms with E-state index in [0.29, 0.717) is 12.8 Å². The molecule has 2 heterocycles. The molecular weight excluding hydrogens is 290 g/mol. The van der Waals surface area contributed by atoms with Crippen LogP contribution in [0.2, 0.25) is 0 Å². The van der Waals surface area contributed by atoms with Gasteiger partial charge in [-0.25, -0.2) is 26.5 Å². The van der Waals surface area contributed by atoms with E-state index < -0.39 is 25.9 Å². The molecular formula is C10H15N3O4S2. The number of rotatable bonds is 3. The van der Waals surface area contributed by atoms with Crippen LogP contribution in [0.25, 0.3) is 0 Å². The molecule has 2 rings (SSSR count). The lowest BCUT2D eigenvalue weighted by molar-refractivity contribution is 0.517. The number of aromatic nitrogens is 1. The summed E-state index contributed by atoms with van der Waals surface area (Å²) in [5.41, 5.74) is 5.43. The molecule has 0 aliphatic carbocycles. The Morgan fingerprint density at radius 2 is 2.16 bits per heavy atom. The SMILES string of the molecule is Nc1cc(S(=O)(=O)NC2CCCS(=O)(=O)C2)ccn1. The summed E-state index contributed by atoms with van der Waals surface area (Å²) in [6.07, 6.45) is 2.27. The Labute approximate surface area is 112 Å². The van der Waals surface area contributed by atoms with Gasteiger partial charge in [-0.3, -0.25) is 0 Å². The van der Waals surface area contributed by atoms with E-state index >= 15 is 0 Å². The zero-order valence-electron chi connectivity index (χ0n) is 10.1. The maximum absolute atomic E-state index is 12.1. The number of sulfonamides is 1. The number of hydrogen-bond acceptors (Lipinski definition) is 6. The van der Waals surface area contributed by atoms with Crippen molar-refractivity contribution in [2.45, 2.75) is 23.8 Å². The maximum atomic E-state index is 12.1. The molecule has 0 radical (unpaired) electrons. The molecule has 1 fully saturated rings. The number of nitrogens with one attached hydrogen (secondary N) is 1. The normalized spacial score (nSPS) is 23.1. The van der Waals surface area contributed by atoms with Crippen molar-refractivity contribution in [1.29, 1.82) is 0 Å². The molecule has 1 aliphatic rings. The smallest absolute Gasteiger partial charge is 0.241 e. The third-order valence-electron chi connectivity index (χ3n) is 2.85. The summed E-state index contributed by atoms with van der Waals surface area (Å²) in [6, 6.07) is 1.97. The summed E-state index contributed by atoms with van der Waals surface area (Å²) < 4.78 is 49.5. The van der Waals surface area contributed by atoms with Gasteiger partial charge < -0.3 is 5.73 Å². The Bertz CT molecular complexity index is 670. The molecule has 1 saturated heterocycles. The van der Waals surface area contributed by atoms with E-state index in [1.54, 1.807) is 0 Å². The lowest BCUT2D eigenvalue weighted by atomic mass is 10.2. The molecule has 0 bridgehead atoms. The van der Waals surface area contributed by atoms with Crippen molar-refractivity contribution >= 4 is 25.7 Å². The number of hydrogen-bond donors (Lipinski definition) is 2. The lowest BCUT2D eigenvalue weighted by Crippen LogP contribution is -2.43. The second-order valence-electron chi connectivity index (χ2n) is 4.49. The first-order valence-electron chi connectivity index (χ1n) is 5.73. The van der Waals surface area contributed by atoms with Gasteiger partial charge in [-0.15, -0.1) is 0 Å². The molecule has 19 heavy (non-hydrogen) atoms. The van der Waals surface area contributed by atoms with Crippen LogP contribution in [0.3, 0.4) is 0 Å². The average molecular weight is 305 g/mol. The zero-order chi connectivity index (χ0) is 14.1. The third-order valence-corrected chi connectivity index (χ3v) is 6.19. The quantitative estimate of drug-likeness (QED) is 0.778. The molecule has 9 heteroatoms. The van der Waals surface area contributed by atoms with Crippen LogP contribution in [-0.4, -0.2) is 39.4 Å². The van der Waals surface area contributed by atoms with Crippen LogP contribution in [-0.2, 0) is 19.9 Å². The fraction of sp³-hybridized carbons (Fsp3) is 0.500. The Morgan fingerprint density at radius 1 is 1.42 bits per heavy atom. The highest BCUT2D eigenvalue weighted by molar-refractivity contribution is 7.91. The van der Waals surface area contributed by atoms with Gasteiger partial charge in [0.15, 0.2) is 9.84 Å². The summed E-state index contributed by atoms with van der Waals surface area (Å²) >= 11 is 0. The largest absolute Gasteiger partial charge is 0.384 e. The Hall–Kier alpha value is -1.19. The second kappa shape index (κ2) is 5.06. The van der Waals surface area contributed by atoms with Crippen LogP contribution in [0.1, 0.15) is 12.8 Å². The van der Waals surface area contributed by atoms with Gasteiger partial charge in [0, 0.05) is 18.3 Å². The van der Waals surface area contributed by atoms with Gasteiger partial charge >= 0.3 is 0 Å². The second-order valence-corrected chi connectivity index (χ2v) is 8.43. The first kappa shape index (κ1) is 14.2. The number of nitrogen functional groups attached to an aromatic ring is 1. The summed E-state index contributed by atoms with van der Waals surface area (Å²) in [7, 11) is -6.93. The van der Waals surface area contributed by atoms with Crippen LogP contribution >= 0.6 is 0 Å². The van der Waals surface area contributed by atoms with Crippen molar-refractivity contribution in [3.8, 4) is 0 Å². The van der Waals surface area contributed by atoms with E-state index in [4.69, 9.17) is 5.73 Å². The van der Waals surface area contributed by atoms with Crippen molar-refractivity contribution < 1.29 is 16.8 Å². The van der Waals surface area contributed by atoms with Gasteiger partial charge in [0.2, 0.25) is 10.0 Å². The van der Waals surface area contributed by atoms with Crippen molar-refractivity contribution in [3.63, 3.8) is 0 Å². The van der Waals surface area contributed by atoms with Crippen molar-refractivity contribution in [3.05, 3.63) is 18.3 Å². The van der Waals surface area contributed by atoms with Gasteiger partial charge in [-0.1, -0.05) is 0 Å². The fourth-order valence-electron chi connectivity index (χ4n) is 2.00. The van der Waals surface area contributed by atoms with Crippen LogP contribution < -0.4 is 10.5 Å². The highest BCUT2D eigenvalue weighted by Crippen LogP contribution is 2.16. The van der Waals surface area contributed by atoms with Crippen molar-refractivity contribution in [1.82, 2.24) is 9.71 Å². The summed E-state index contributed by atoms with van der Waals surface area (Å²) in [5, 5.41) is 0. The van der Waals surface area contributed by atoms with Gasteiger partial charge in [-0.2, -0.15) is 0 Å². The zero-order valence-corrected chi connectivity index (χ0v) is 11.7. The van der Waals surface area contributed by atoms with Crippen LogP contribution in [0, 0.1) is 0 Å². The predicted molar refractivity (Wildman–Crippen MR) is 70.6 cm³/mol. The van der Waals surface area contributed by atoms with Crippen LogP contribution in [0.5, 0.6) is 0 Å². The van der Waals surface area contributed by atoms with Gasteiger partial charge in [0.05, 0.1) is 16.4 Å². The van der Waals surface area contributed by atoms with Gasteiger partial charge in [-0.05, 0) is 18.9 Å². The first-order chi connectivity index (χ1) is 8.78. The molecule has 3 N–H and O–H groups in total. The molecule has 1 aromatic heterocycles. The van der Waals surface area contributed by atoms with E-state index in [2.05, 4.69) is 9.71 Å². The average Bonchev–Trinajstić information content (AvgIpc) is 2.27. The number of nitrogens with zero attached hydrogens (tertiary/aromatic N) is 1. The molecule has 106 valence electrons. The standard InChI is InChI=1S/C10H15N3O4S2/c11-10-6-9(3-4-12-10)19(16,17)13-8-2-1-5-18(14,15)7-8/h3-4,6,8,13H,1-2,5,7H2,(H2,11,12). The summed E-state index contributed by atoms with van der Waals surface area (Å²) in [5.74, 6) is 0.0550. The highest BCUT2D eigenvalue weighted by atomic mass is 32.2. The molecule has 1 aliphatic heterocycles. The van der Waals surface area contributed by atoms with Crippen molar-refractivity contribution in [2.24, 2.45) is 0 Å². The highest BCUT2D eigenvalue weighted by Gasteiger charge is 2.28. The third kappa shape index (κ3) is 3.64. The van der Waals surface area contributed by atoms with Gasteiger partial charge in [0.25, 0.3) is 0 Å². The molecule has 0 amide bonds. The van der Waals surface area contributed by atoms with E-state index in [1.807, 2.05) is 0 Å². The predicted octanol–water partition coefficient (Wildman–Crippen LogP) is -0.481. The van der Waals surface area contributed by atoms with E-state index in [0.717, 1.165) is 0 Å². The van der Waals surface area contributed by atoms with E-state index in [9.17, 15) is 16.8 Å². The summed E-state index contributed by atoms with van der Waals surface area (Å²) in [6.45, 7) is 0. The van der Waals surface area contributed by atoms with Gasteiger partial charge in [0.1, 0.15) is 5.82 Å². The molecule has 7 nitrogen and oxygen atoms in total. The first-order valence-corrected chi connectivity index (χ1v) is 9.03. The molecule has 1 aromatic rings. The molecule has 0 saturated carbocycles. The molecule has 1 unspecified atom stereocenters. The lowest BCUT2D eigenvalue weighted by Gasteiger charge is -2.22. The minimum absolute atomic E-state index is 0.0111. The van der Waals surface area contributed by atoms with E-state index in [-0.39, 0.29) is 22.2 Å². The number of sulfone groups is 1. The topological polar surface area (TPSA) is 119 Å². The minimum Gasteiger partial charge on any atom is -0.384 e. The monoisotopic (exact) mass is 305 g/mol. The number of nitrogens with two attached hydrogens (primary N) is 1. The molecule has 0 aromatic carbocycles. The van der Waals surface area contributed by atoms with Crippen molar-refractivity contribution in [2.75, 3.05) is 17.2 Å². The van der Waals surface area contributed by atoms with Crippen LogP contribution in [0.15, 0.2) is 23.2 Å². The molecule has 0 spiro atoms.